The molecule has 1 saturated heterocycles. The number of anilines is 1. The number of carbonyl (C=O) groups is 1. The minimum Gasteiger partial charge on any atom is -0.497 e. The molecule has 260 valence electrons. The SMILES string of the molecule is COc1ccc(COc2c(F)cc(C(=O)NC[C@H]3CC[C@H](n4cc5ccc(-c6cncc(N7CCNCC7)n6)cc5n4)CC3)c(F)c2F)cc1. The van der Waals surface area contributed by atoms with Crippen molar-refractivity contribution in [3.05, 3.63) is 95.7 Å². The standard InChI is InChI=1S/C37H38F3N7O3/c1-49-28-10-4-24(5-11-28)22-50-36-30(38)17-29(34(39)35(36)40)37(48)43-18-23-2-8-27(9-3-23)47-21-26-7-6-25(16-31(26)45-47)32-19-42-20-33(44-32)46-14-12-41-13-15-46/h4-7,10-11,16-17,19-21,23,27,41H,2-3,8-9,12-15,18,22H2,1H3,(H,43,48)/t23-,27-. The number of benzene rings is 3. The van der Waals surface area contributed by atoms with Gasteiger partial charge in [-0.25, -0.2) is 13.8 Å². The molecule has 1 aliphatic heterocycles. The summed E-state index contributed by atoms with van der Waals surface area (Å²) in [7, 11) is 1.52. The van der Waals surface area contributed by atoms with E-state index in [0.29, 0.717) is 17.4 Å². The maximum atomic E-state index is 14.9. The number of ether oxygens (including phenoxy) is 2. The van der Waals surface area contributed by atoms with E-state index in [1.54, 1.807) is 36.7 Å². The van der Waals surface area contributed by atoms with Gasteiger partial charge < -0.3 is 25.0 Å². The van der Waals surface area contributed by atoms with E-state index >= 15 is 0 Å². The molecule has 5 aromatic rings. The third kappa shape index (κ3) is 7.23. The van der Waals surface area contributed by atoms with Crippen LogP contribution in [0.2, 0.25) is 0 Å². The molecular formula is C37H38F3N7O3. The number of nitrogens with zero attached hydrogens (tertiary/aromatic N) is 5. The molecule has 0 atom stereocenters. The summed E-state index contributed by atoms with van der Waals surface area (Å²) in [5.41, 5.74) is 2.55. The Labute approximate surface area is 287 Å². The maximum Gasteiger partial charge on any atom is 0.254 e. The molecule has 3 aromatic carbocycles. The molecule has 2 aromatic heterocycles. The van der Waals surface area contributed by atoms with Gasteiger partial charge in [0.05, 0.1) is 42.3 Å². The first-order valence-electron chi connectivity index (χ1n) is 16.8. The Morgan fingerprint density at radius 3 is 2.52 bits per heavy atom. The molecule has 2 N–H and O–H groups in total. The molecule has 1 saturated carbocycles. The van der Waals surface area contributed by atoms with Gasteiger partial charge in [0.2, 0.25) is 5.82 Å². The van der Waals surface area contributed by atoms with E-state index in [0.717, 1.165) is 79.8 Å². The van der Waals surface area contributed by atoms with Crippen LogP contribution in [0.1, 0.15) is 47.6 Å². The molecule has 2 aliphatic rings. The number of rotatable bonds is 10. The van der Waals surface area contributed by atoms with Crippen LogP contribution in [0.4, 0.5) is 19.0 Å². The van der Waals surface area contributed by atoms with Gasteiger partial charge in [-0.3, -0.25) is 14.5 Å². The van der Waals surface area contributed by atoms with E-state index in [1.165, 1.54) is 7.11 Å². The molecule has 7 rings (SSSR count). The van der Waals surface area contributed by atoms with Crippen LogP contribution in [0.25, 0.3) is 22.2 Å². The van der Waals surface area contributed by atoms with Gasteiger partial charge in [-0.15, -0.1) is 0 Å². The van der Waals surface area contributed by atoms with Crippen LogP contribution in [0.3, 0.4) is 0 Å². The van der Waals surface area contributed by atoms with Crippen molar-refractivity contribution >= 4 is 22.6 Å². The molecular weight excluding hydrogens is 647 g/mol. The molecule has 50 heavy (non-hydrogen) atoms. The van der Waals surface area contributed by atoms with Crippen molar-refractivity contribution in [2.75, 3.05) is 44.7 Å². The lowest BCUT2D eigenvalue weighted by atomic mass is 9.86. The fraction of sp³-hybridized carbons (Fsp3) is 0.351. The molecule has 10 nitrogen and oxygen atoms in total. The van der Waals surface area contributed by atoms with Crippen LogP contribution in [0.5, 0.6) is 11.5 Å². The van der Waals surface area contributed by atoms with Gasteiger partial charge in [0.1, 0.15) is 18.2 Å². The van der Waals surface area contributed by atoms with E-state index < -0.39 is 34.7 Å². The molecule has 0 bridgehead atoms. The van der Waals surface area contributed by atoms with Gasteiger partial charge in [-0.05, 0) is 61.4 Å². The smallest absolute Gasteiger partial charge is 0.254 e. The van der Waals surface area contributed by atoms with Crippen LogP contribution < -0.4 is 25.0 Å². The van der Waals surface area contributed by atoms with E-state index in [1.807, 2.05) is 16.8 Å². The van der Waals surface area contributed by atoms with Crippen LogP contribution in [-0.2, 0) is 6.61 Å². The third-order valence-electron chi connectivity index (χ3n) is 9.53. The first-order valence-corrected chi connectivity index (χ1v) is 16.8. The van der Waals surface area contributed by atoms with Crippen molar-refractivity contribution in [3.63, 3.8) is 0 Å². The predicted octanol–water partition coefficient (Wildman–Crippen LogP) is 6.07. The van der Waals surface area contributed by atoms with Crippen molar-refractivity contribution in [2.24, 2.45) is 5.92 Å². The number of halogens is 3. The normalized spacial score (nSPS) is 17.9. The fourth-order valence-corrected chi connectivity index (χ4v) is 6.62. The highest BCUT2D eigenvalue weighted by Crippen LogP contribution is 2.34. The molecule has 3 heterocycles. The van der Waals surface area contributed by atoms with Gasteiger partial charge in [-0.1, -0.05) is 24.3 Å². The van der Waals surface area contributed by atoms with Gasteiger partial charge in [0, 0.05) is 49.9 Å². The lowest BCUT2D eigenvalue weighted by molar-refractivity contribution is 0.0935. The van der Waals surface area contributed by atoms with Gasteiger partial charge >= 0.3 is 0 Å². The fourth-order valence-electron chi connectivity index (χ4n) is 6.62. The Balaban J connectivity index is 0.931. The largest absolute Gasteiger partial charge is 0.497 e. The number of hydrogen-bond acceptors (Lipinski definition) is 8. The predicted molar refractivity (Wildman–Crippen MR) is 183 cm³/mol. The van der Waals surface area contributed by atoms with Gasteiger partial charge in [-0.2, -0.15) is 9.49 Å². The average molecular weight is 686 g/mol. The number of methoxy groups -OCH3 is 1. The zero-order valence-corrected chi connectivity index (χ0v) is 27.7. The second-order valence-electron chi connectivity index (χ2n) is 12.8. The highest BCUT2D eigenvalue weighted by molar-refractivity contribution is 5.94. The summed E-state index contributed by atoms with van der Waals surface area (Å²) in [5, 5.41) is 12.0. The summed E-state index contributed by atoms with van der Waals surface area (Å²) in [6.07, 6.45) is 8.95. The second kappa shape index (κ2) is 14.8. The first-order chi connectivity index (χ1) is 24.4. The van der Waals surface area contributed by atoms with Crippen LogP contribution >= 0.6 is 0 Å². The van der Waals surface area contributed by atoms with Crippen molar-refractivity contribution < 1.29 is 27.4 Å². The Morgan fingerprint density at radius 2 is 1.76 bits per heavy atom. The third-order valence-corrected chi connectivity index (χ3v) is 9.53. The van der Waals surface area contributed by atoms with E-state index in [-0.39, 0.29) is 25.1 Å². The van der Waals surface area contributed by atoms with Crippen molar-refractivity contribution in [1.82, 2.24) is 30.4 Å². The lowest BCUT2D eigenvalue weighted by Crippen LogP contribution is -2.43. The number of piperazine rings is 1. The van der Waals surface area contributed by atoms with Crippen LogP contribution in [0, 0.1) is 23.4 Å². The number of hydrogen-bond donors (Lipinski definition) is 2. The van der Waals surface area contributed by atoms with E-state index in [2.05, 4.69) is 32.8 Å². The van der Waals surface area contributed by atoms with Crippen molar-refractivity contribution in [1.29, 1.82) is 0 Å². The summed E-state index contributed by atoms with van der Waals surface area (Å²) in [5.74, 6) is -4.27. The Kier molecular flexibility index (Phi) is 9.83. The maximum absolute atomic E-state index is 14.9. The number of fused-ring (bicyclic) bond motifs is 1. The lowest BCUT2D eigenvalue weighted by Gasteiger charge is -2.28. The molecule has 2 fully saturated rings. The average Bonchev–Trinajstić information content (AvgIpc) is 3.60. The molecule has 0 unspecified atom stereocenters. The van der Waals surface area contributed by atoms with Gasteiger partial charge in [0.15, 0.2) is 17.4 Å². The number of amides is 1. The molecule has 13 heteroatoms. The minimum atomic E-state index is -1.54. The second-order valence-corrected chi connectivity index (χ2v) is 12.8. The zero-order chi connectivity index (χ0) is 34.6. The highest BCUT2D eigenvalue weighted by Gasteiger charge is 2.27. The quantitative estimate of drug-likeness (QED) is 0.171. The summed E-state index contributed by atoms with van der Waals surface area (Å²) in [6, 6.07) is 13.7. The number of nitrogens with one attached hydrogen (secondary N) is 2. The van der Waals surface area contributed by atoms with Crippen LogP contribution in [0.15, 0.2) is 67.1 Å². The van der Waals surface area contributed by atoms with Gasteiger partial charge in [0.25, 0.3) is 5.91 Å². The van der Waals surface area contributed by atoms with Crippen molar-refractivity contribution in [3.8, 4) is 22.8 Å². The Hall–Kier alpha value is -5.17. The molecule has 0 spiro atoms. The molecule has 1 amide bonds. The molecule has 0 radical (unpaired) electrons. The monoisotopic (exact) mass is 685 g/mol. The van der Waals surface area contributed by atoms with E-state index in [4.69, 9.17) is 19.6 Å². The highest BCUT2D eigenvalue weighted by atomic mass is 19.2. The summed E-state index contributed by atoms with van der Waals surface area (Å²) in [6.45, 7) is 3.71. The number of aromatic nitrogens is 4. The van der Waals surface area contributed by atoms with Crippen LogP contribution in [-0.4, -0.2) is 65.5 Å². The zero-order valence-electron chi connectivity index (χ0n) is 27.7. The Morgan fingerprint density at radius 1 is 0.980 bits per heavy atom. The first kappa shape index (κ1) is 33.3. The Bertz CT molecular complexity index is 1970. The van der Waals surface area contributed by atoms with Crippen molar-refractivity contribution in [2.45, 2.75) is 38.3 Å². The minimum absolute atomic E-state index is 0.137. The van der Waals surface area contributed by atoms with E-state index in [9.17, 15) is 18.0 Å². The summed E-state index contributed by atoms with van der Waals surface area (Å²) >= 11 is 0. The summed E-state index contributed by atoms with van der Waals surface area (Å²) < 4.78 is 56.9. The topological polar surface area (TPSA) is 106 Å². The summed E-state index contributed by atoms with van der Waals surface area (Å²) in [4.78, 5) is 24.4. The number of carbonyl (C=O) groups excluding carboxylic acids is 1. The molecule has 1 aliphatic carbocycles.